The third-order valence-electron chi connectivity index (χ3n) is 4.81. The Bertz CT molecular complexity index is 653. The van der Waals surface area contributed by atoms with Gasteiger partial charge in [-0.2, -0.15) is 5.26 Å². The molecule has 1 amide bonds. The molecule has 1 spiro atoms. The number of amides is 1. The van der Waals surface area contributed by atoms with Crippen LogP contribution in [0.5, 0.6) is 0 Å². The summed E-state index contributed by atoms with van der Waals surface area (Å²) in [5.41, 5.74) is 0.746. The number of likely N-dealkylation sites (N-methyl/N-ethyl adjacent to an activating group) is 1. The third kappa shape index (κ3) is 4.18. The van der Waals surface area contributed by atoms with E-state index >= 15 is 0 Å². The van der Waals surface area contributed by atoms with Crippen molar-refractivity contribution in [3.8, 4) is 6.07 Å². The number of nitrogens with zero attached hydrogens (tertiary/aromatic N) is 3. The fourth-order valence-electron chi connectivity index (χ4n) is 3.60. The lowest BCUT2D eigenvalue weighted by molar-refractivity contribution is -0.0878. The van der Waals surface area contributed by atoms with Gasteiger partial charge >= 0.3 is 0 Å². The highest BCUT2D eigenvalue weighted by Gasteiger charge is 2.44. The molecule has 0 bridgehead atoms. The van der Waals surface area contributed by atoms with Crippen LogP contribution in [0.15, 0.2) is 24.3 Å². The molecule has 1 aromatic rings. The van der Waals surface area contributed by atoms with Crippen LogP contribution < -0.4 is 0 Å². The molecule has 0 radical (unpaired) electrons. The van der Waals surface area contributed by atoms with Crippen molar-refractivity contribution in [1.82, 2.24) is 9.80 Å². The minimum Gasteiger partial charge on any atom is -0.377 e. The van der Waals surface area contributed by atoms with E-state index < -0.39 is 5.60 Å². The summed E-state index contributed by atoms with van der Waals surface area (Å²) in [5.74, 6) is -0.0333. The van der Waals surface area contributed by atoms with Crippen LogP contribution in [0.1, 0.15) is 28.8 Å². The van der Waals surface area contributed by atoms with Crippen molar-refractivity contribution in [2.75, 3.05) is 46.9 Å². The topological polar surface area (TPSA) is 65.8 Å². The van der Waals surface area contributed by atoms with Crippen LogP contribution in [-0.4, -0.2) is 74.4 Å². The number of hydrogen-bond acceptors (Lipinski definition) is 5. The van der Waals surface area contributed by atoms with Crippen LogP contribution >= 0.6 is 0 Å². The van der Waals surface area contributed by atoms with E-state index in [1.165, 1.54) is 0 Å². The van der Waals surface area contributed by atoms with Crippen molar-refractivity contribution in [1.29, 1.82) is 5.26 Å². The summed E-state index contributed by atoms with van der Waals surface area (Å²) in [6, 6.07) is 8.85. The molecule has 2 saturated heterocycles. The molecule has 2 fully saturated rings. The van der Waals surface area contributed by atoms with Crippen LogP contribution in [0.2, 0.25) is 0 Å². The molecule has 2 aliphatic rings. The molecule has 2 aliphatic heterocycles. The molecule has 1 aromatic carbocycles. The van der Waals surface area contributed by atoms with Crippen LogP contribution in [0.25, 0.3) is 0 Å². The number of nitriles is 1. The monoisotopic (exact) mass is 343 g/mol. The predicted molar refractivity (Wildman–Crippen MR) is 93.3 cm³/mol. The van der Waals surface area contributed by atoms with E-state index in [2.05, 4.69) is 11.0 Å². The van der Waals surface area contributed by atoms with Crippen LogP contribution in [0, 0.1) is 11.3 Å². The van der Waals surface area contributed by atoms with E-state index in [1.807, 2.05) is 19.0 Å². The van der Waals surface area contributed by atoms with Gasteiger partial charge in [-0.1, -0.05) is 0 Å². The van der Waals surface area contributed by atoms with Gasteiger partial charge in [0.05, 0.1) is 37.5 Å². The van der Waals surface area contributed by atoms with E-state index in [-0.39, 0.29) is 12.0 Å². The first-order valence-corrected chi connectivity index (χ1v) is 8.71. The lowest BCUT2D eigenvalue weighted by Gasteiger charge is -2.32. The Morgan fingerprint density at radius 1 is 1.40 bits per heavy atom. The number of carbonyl (C=O) groups excluding carboxylic acids is 1. The maximum Gasteiger partial charge on any atom is 0.254 e. The highest BCUT2D eigenvalue weighted by atomic mass is 16.6. The number of hydrogen-bond donors (Lipinski definition) is 0. The lowest BCUT2D eigenvalue weighted by Crippen LogP contribution is -2.47. The zero-order chi connectivity index (χ0) is 17.9. The Morgan fingerprint density at radius 3 is 2.84 bits per heavy atom. The van der Waals surface area contributed by atoms with Crippen LogP contribution in [-0.2, 0) is 9.47 Å². The van der Waals surface area contributed by atoms with Gasteiger partial charge in [0.1, 0.15) is 5.60 Å². The van der Waals surface area contributed by atoms with Gasteiger partial charge in [-0.15, -0.1) is 0 Å². The Hall–Kier alpha value is -1.94. The average molecular weight is 343 g/mol. The van der Waals surface area contributed by atoms with E-state index in [4.69, 9.17) is 14.7 Å². The fourth-order valence-corrected chi connectivity index (χ4v) is 3.60. The van der Waals surface area contributed by atoms with Crippen molar-refractivity contribution in [2.45, 2.75) is 24.5 Å². The second kappa shape index (κ2) is 7.52. The van der Waals surface area contributed by atoms with Gasteiger partial charge < -0.3 is 19.3 Å². The number of rotatable bonds is 3. The van der Waals surface area contributed by atoms with E-state index in [1.54, 1.807) is 24.3 Å². The molecule has 134 valence electrons. The molecule has 0 N–H and O–H groups in total. The maximum absolute atomic E-state index is 12.9. The Balaban J connectivity index is 1.71. The molecule has 25 heavy (non-hydrogen) atoms. The summed E-state index contributed by atoms with van der Waals surface area (Å²) in [6.07, 6.45) is 2.08. The Kier molecular flexibility index (Phi) is 5.38. The van der Waals surface area contributed by atoms with Gasteiger partial charge in [0.25, 0.3) is 5.91 Å². The molecular formula is C19H25N3O3. The highest BCUT2D eigenvalue weighted by Crippen LogP contribution is 2.33. The Morgan fingerprint density at radius 2 is 2.16 bits per heavy atom. The molecule has 6 nitrogen and oxygen atoms in total. The van der Waals surface area contributed by atoms with Gasteiger partial charge in [0.2, 0.25) is 0 Å². The van der Waals surface area contributed by atoms with E-state index in [0.29, 0.717) is 37.4 Å². The predicted octanol–water partition coefficient (Wildman–Crippen LogP) is 1.51. The van der Waals surface area contributed by atoms with Gasteiger partial charge in [0.15, 0.2) is 0 Å². The second-order valence-corrected chi connectivity index (χ2v) is 7.19. The molecule has 0 saturated carbocycles. The number of benzene rings is 1. The molecule has 6 heteroatoms. The van der Waals surface area contributed by atoms with Crippen molar-refractivity contribution in [3.05, 3.63) is 35.4 Å². The summed E-state index contributed by atoms with van der Waals surface area (Å²) >= 11 is 0. The number of ether oxygens (including phenoxy) is 2. The van der Waals surface area contributed by atoms with Crippen molar-refractivity contribution in [2.24, 2.45) is 0 Å². The highest BCUT2D eigenvalue weighted by molar-refractivity contribution is 5.94. The maximum atomic E-state index is 12.9. The minimum absolute atomic E-state index is 0.0333. The summed E-state index contributed by atoms with van der Waals surface area (Å²) in [5, 5.41) is 8.90. The van der Waals surface area contributed by atoms with Crippen LogP contribution in [0.4, 0.5) is 0 Å². The quantitative estimate of drug-likeness (QED) is 0.832. The standard InChI is InChI=1S/C19H25N3O3/c1-21(2)12-17-7-8-19(25-17)13-22(9-10-24-14-19)18(23)16-5-3-15(11-20)4-6-16/h3-6,17H,7-10,12-14H2,1-2H3. The molecule has 2 atom stereocenters. The summed E-state index contributed by atoms with van der Waals surface area (Å²) < 4.78 is 12.1. The molecule has 0 aliphatic carbocycles. The van der Waals surface area contributed by atoms with Crippen molar-refractivity contribution >= 4 is 5.91 Å². The van der Waals surface area contributed by atoms with E-state index in [0.717, 1.165) is 19.4 Å². The molecule has 2 unspecified atom stereocenters. The van der Waals surface area contributed by atoms with Gasteiger partial charge in [-0.3, -0.25) is 4.79 Å². The molecule has 2 heterocycles. The summed E-state index contributed by atoms with van der Waals surface area (Å²) in [7, 11) is 4.08. The summed E-state index contributed by atoms with van der Waals surface area (Å²) in [4.78, 5) is 16.8. The second-order valence-electron chi connectivity index (χ2n) is 7.19. The normalized spacial score (nSPS) is 26.6. The van der Waals surface area contributed by atoms with Gasteiger partial charge in [0, 0.05) is 18.7 Å². The largest absolute Gasteiger partial charge is 0.377 e. The first kappa shape index (κ1) is 17.9. The zero-order valence-corrected chi connectivity index (χ0v) is 14.9. The zero-order valence-electron chi connectivity index (χ0n) is 14.9. The molecular weight excluding hydrogens is 318 g/mol. The Labute approximate surface area is 148 Å². The first-order valence-electron chi connectivity index (χ1n) is 8.71. The van der Waals surface area contributed by atoms with Crippen molar-refractivity contribution in [3.63, 3.8) is 0 Å². The SMILES string of the molecule is CN(C)CC1CCC2(COCCN(C(=O)c3ccc(C#N)cc3)C2)O1. The fraction of sp³-hybridized carbons (Fsp3) is 0.579. The molecule has 0 aromatic heterocycles. The third-order valence-corrected chi connectivity index (χ3v) is 4.81. The molecule has 3 rings (SSSR count). The van der Waals surface area contributed by atoms with Crippen molar-refractivity contribution < 1.29 is 14.3 Å². The van der Waals surface area contributed by atoms with E-state index in [9.17, 15) is 4.79 Å². The van der Waals surface area contributed by atoms with Crippen LogP contribution in [0.3, 0.4) is 0 Å². The number of carbonyl (C=O) groups is 1. The summed E-state index contributed by atoms with van der Waals surface area (Å²) in [6.45, 7) is 3.04. The smallest absolute Gasteiger partial charge is 0.254 e. The van der Waals surface area contributed by atoms with Gasteiger partial charge in [-0.05, 0) is 51.2 Å². The minimum atomic E-state index is -0.403. The first-order chi connectivity index (χ1) is 12.0. The average Bonchev–Trinajstić information content (AvgIpc) is 2.86. The van der Waals surface area contributed by atoms with Gasteiger partial charge in [-0.25, -0.2) is 0 Å². The lowest BCUT2D eigenvalue weighted by atomic mass is 9.99.